The molecule has 0 aliphatic carbocycles. The zero-order valence-electron chi connectivity index (χ0n) is 13.9. The molecule has 1 aromatic carbocycles. The predicted octanol–water partition coefficient (Wildman–Crippen LogP) is 3.81. The van der Waals surface area contributed by atoms with E-state index in [1.54, 1.807) is 6.26 Å². The van der Waals surface area contributed by atoms with Crippen molar-refractivity contribution < 1.29 is 4.42 Å². The normalized spacial score (nSPS) is 11.9. The van der Waals surface area contributed by atoms with Gasteiger partial charge in [0.2, 0.25) is 0 Å². The van der Waals surface area contributed by atoms with Gasteiger partial charge >= 0.3 is 0 Å². The number of aryl methyl sites for hydroxylation is 2. The van der Waals surface area contributed by atoms with Gasteiger partial charge in [-0.05, 0) is 42.7 Å². The Balaban J connectivity index is 1.72. The summed E-state index contributed by atoms with van der Waals surface area (Å²) in [5, 5.41) is 0. The van der Waals surface area contributed by atoms with Gasteiger partial charge in [0, 0.05) is 6.20 Å². The van der Waals surface area contributed by atoms with Crippen LogP contribution in [0.15, 0.2) is 88.7 Å². The third kappa shape index (κ3) is 3.53. The van der Waals surface area contributed by atoms with Crippen LogP contribution in [0, 0.1) is 0 Å². The molecule has 0 aliphatic heterocycles. The molecule has 0 N–H and O–H groups in total. The minimum absolute atomic E-state index is 0.508. The number of furan rings is 1. The van der Waals surface area contributed by atoms with Crippen molar-refractivity contribution in [2.75, 3.05) is 0 Å². The second-order valence-corrected chi connectivity index (χ2v) is 5.91. The Labute approximate surface area is 146 Å². The van der Waals surface area contributed by atoms with Crippen molar-refractivity contribution in [3.8, 4) is 0 Å². The second kappa shape index (κ2) is 7.18. The Hall–Kier alpha value is -3.14. The largest absolute Gasteiger partial charge is 0.467 e. The minimum Gasteiger partial charge on any atom is -0.467 e. The first-order valence-electron chi connectivity index (χ1n) is 8.42. The van der Waals surface area contributed by atoms with Crippen LogP contribution in [-0.4, -0.2) is 9.38 Å². The fourth-order valence-electron chi connectivity index (χ4n) is 2.90. The van der Waals surface area contributed by atoms with Gasteiger partial charge in [-0.15, -0.1) is 0 Å². The van der Waals surface area contributed by atoms with Crippen LogP contribution in [-0.2, 0) is 19.4 Å². The van der Waals surface area contributed by atoms with Crippen molar-refractivity contribution in [3.05, 3.63) is 102 Å². The molecule has 0 amide bonds. The number of fused-ring (bicyclic) bond motifs is 1. The van der Waals surface area contributed by atoms with Crippen molar-refractivity contribution >= 4 is 5.52 Å². The zero-order valence-corrected chi connectivity index (χ0v) is 13.9. The summed E-state index contributed by atoms with van der Waals surface area (Å²) in [5.74, 6) is 0.850. The number of aromatic nitrogens is 2. The van der Waals surface area contributed by atoms with Crippen LogP contribution < -0.4 is 5.49 Å². The highest BCUT2D eigenvalue weighted by Crippen LogP contribution is 2.06. The van der Waals surface area contributed by atoms with Crippen LogP contribution in [0.4, 0.5) is 0 Å². The van der Waals surface area contributed by atoms with Gasteiger partial charge in [-0.2, -0.15) is 0 Å². The van der Waals surface area contributed by atoms with Crippen molar-refractivity contribution in [2.24, 2.45) is 4.99 Å². The van der Waals surface area contributed by atoms with Crippen molar-refractivity contribution in [1.29, 1.82) is 0 Å². The Kier molecular flexibility index (Phi) is 4.42. The lowest BCUT2D eigenvalue weighted by Crippen LogP contribution is -2.22. The van der Waals surface area contributed by atoms with Gasteiger partial charge in [0.15, 0.2) is 5.49 Å². The van der Waals surface area contributed by atoms with E-state index < -0.39 is 0 Å². The molecule has 0 bridgehead atoms. The van der Waals surface area contributed by atoms with E-state index in [2.05, 4.69) is 33.7 Å². The van der Waals surface area contributed by atoms with Crippen LogP contribution in [0.3, 0.4) is 0 Å². The molecule has 4 rings (SSSR count). The van der Waals surface area contributed by atoms with Gasteiger partial charge < -0.3 is 4.42 Å². The topological polar surface area (TPSA) is 42.8 Å². The highest BCUT2D eigenvalue weighted by Gasteiger charge is 2.05. The summed E-state index contributed by atoms with van der Waals surface area (Å²) in [6.45, 7) is 0.508. The van der Waals surface area contributed by atoms with E-state index in [1.165, 1.54) is 5.56 Å². The van der Waals surface area contributed by atoms with Crippen LogP contribution in [0.25, 0.3) is 5.52 Å². The maximum Gasteiger partial charge on any atom is 0.154 e. The number of rotatable bonds is 5. The van der Waals surface area contributed by atoms with E-state index in [1.807, 2.05) is 48.8 Å². The molecule has 0 radical (unpaired) electrons. The molecular formula is C21H19N3O. The standard InChI is InChI=1S/C21H19N3O/c1-2-7-17(8-3-1)11-12-20-21(23-16-19-10-6-14-25-19)24-13-5-4-9-18(24)15-22-20/h1-10,13-15H,11-12,16H2. The maximum absolute atomic E-state index is 5.41. The van der Waals surface area contributed by atoms with Crippen molar-refractivity contribution in [3.63, 3.8) is 0 Å². The number of pyridine rings is 1. The Morgan fingerprint density at radius 3 is 2.64 bits per heavy atom. The molecule has 0 saturated heterocycles. The summed E-state index contributed by atoms with van der Waals surface area (Å²) in [4.78, 5) is 9.47. The number of benzene rings is 1. The molecule has 4 aromatic rings. The number of hydrogen-bond acceptors (Lipinski definition) is 3. The van der Waals surface area contributed by atoms with Gasteiger partial charge in [-0.25, -0.2) is 0 Å². The third-order valence-corrected chi connectivity index (χ3v) is 4.19. The van der Waals surface area contributed by atoms with Crippen LogP contribution in [0.2, 0.25) is 0 Å². The summed E-state index contributed by atoms with van der Waals surface area (Å²) in [7, 11) is 0. The van der Waals surface area contributed by atoms with E-state index in [0.717, 1.165) is 35.3 Å². The van der Waals surface area contributed by atoms with Gasteiger partial charge in [0.1, 0.15) is 5.76 Å². The van der Waals surface area contributed by atoms with E-state index in [0.29, 0.717) is 6.54 Å². The summed E-state index contributed by atoms with van der Waals surface area (Å²) >= 11 is 0. The molecule has 0 spiro atoms. The molecule has 25 heavy (non-hydrogen) atoms. The molecule has 4 heteroatoms. The lowest BCUT2D eigenvalue weighted by Gasteiger charge is -2.07. The SMILES string of the molecule is c1ccc(CCc2ncc3ccccn3c2=NCc2ccco2)cc1. The maximum atomic E-state index is 5.41. The van der Waals surface area contributed by atoms with E-state index in [4.69, 9.17) is 9.41 Å². The molecule has 0 unspecified atom stereocenters. The molecule has 4 nitrogen and oxygen atoms in total. The van der Waals surface area contributed by atoms with Crippen molar-refractivity contribution in [2.45, 2.75) is 19.4 Å². The molecular weight excluding hydrogens is 310 g/mol. The molecule has 3 aromatic heterocycles. The molecule has 0 saturated carbocycles. The molecule has 0 atom stereocenters. The van der Waals surface area contributed by atoms with E-state index >= 15 is 0 Å². The third-order valence-electron chi connectivity index (χ3n) is 4.19. The smallest absolute Gasteiger partial charge is 0.154 e. The minimum atomic E-state index is 0.508. The summed E-state index contributed by atoms with van der Waals surface area (Å²) < 4.78 is 7.51. The Morgan fingerprint density at radius 2 is 1.80 bits per heavy atom. The second-order valence-electron chi connectivity index (χ2n) is 5.91. The molecule has 124 valence electrons. The van der Waals surface area contributed by atoms with Gasteiger partial charge in [-0.1, -0.05) is 36.4 Å². The first-order chi connectivity index (χ1) is 12.4. The van der Waals surface area contributed by atoms with Gasteiger partial charge in [0.05, 0.1) is 30.2 Å². The fraction of sp³-hybridized carbons (Fsp3) is 0.143. The number of hydrogen-bond donors (Lipinski definition) is 0. The summed E-state index contributed by atoms with van der Waals surface area (Å²) in [5.41, 5.74) is 4.23. The summed E-state index contributed by atoms with van der Waals surface area (Å²) in [6, 6.07) is 20.4. The lowest BCUT2D eigenvalue weighted by atomic mass is 10.1. The first kappa shape index (κ1) is 15.4. The highest BCUT2D eigenvalue weighted by molar-refractivity contribution is 5.43. The monoisotopic (exact) mass is 329 g/mol. The molecule has 3 heterocycles. The van der Waals surface area contributed by atoms with Crippen molar-refractivity contribution in [1.82, 2.24) is 9.38 Å². The zero-order chi connectivity index (χ0) is 16.9. The highest BCUT2D eigenvalue weighted by atomic mass is 16.3. The quantitative estimate of drug-likeness (QED) is 0.559. The number of nitrogens with zero attached hydrogens (tertiary/aromatic N) is 3. The summed E-state index contributed by atoms with van der Waals surface area (Å²) in [6.07, 6.45) is 7.40. The fourth-order valence-corrected chi connectivity index (χ4v) is 2.90. The Morgan fingerprint density at radius 1 is 0.920 bits per heavy atom. The van der Waals surface area contributed by atoms with Crippen LogP contribution >= 0.6 is 0 Å². The van der Waals surface area contributed by atoms with Gasteiger partial charge in [-0.3, -0.25) is 14.4 Å². The molecule has 0 fully saturated rings. The van der Waals surface area contributed by atoms with E-state index in [9.17, 15) is 0 Å². The molecule has 0 aliphatic rings. The van der Waals surface area contributed by atoms with Crippen LogP contribution in [0.5, 0.6) is 0 Å². The van der Waals surface area contributed by atoms with Crippen LogP contribution in [0.1, 0.15) is 17.0 Å². The van der Waals surface area contributed by atoms with E-state index in [-0.39, 0.29) is 0 Å². The average molecular weight is 329 g/mol. The van der Waals surface area contributed by atoms with Gasteiger partial charge in [0.25, 0.3) is 0 Å². The lowest BCUT2D eigenvalue weighted by molar-refractivity contribution is 0.509. The predicted molar refractivity (Wildman–Crippen MR) is 97.0 cm³/mol. The Bertz CT molecular complexity index is 1020. The first-order valence-corrected chi connectivity index (χ1v) is 8.42. The average Bonchev–Trinajstić information content (AvgIpc) is 3.19.